The number of rotatable bonds is 2. The first kappa shape index (κ1) is 14.0. The molecule has 1 atom stereocenters. The molecule has 0 amide bonds. The maximum atomic E-state index is 11.3. The summed E-state index contributed by atoms with van der Waals surface area (Å²) in [5.41, 5.74) is 1.72. The number of Topliss-reactive ketones (excluding diaryl/α,β-unsaturated/α-hetero) is 1. The predicted molar refractivity (Wildman–Crippen MR) is 76.7 cm³/mol. The number of aliphatic hydroxyl groups excluding tert-OH is 1. The number of nitrogens with zero attached hydrogens (tertiary/aromatic N) is 1. The highest BCUT2D eigenvalue weighted by Crippen LogP contribution is 2.20. The Hall–Kier alpha value is -1.39. The smallest absolute Gasteiger partial charge is 0.159 e. The molecule has 1 aromatic rings. The van der Waals surface area contributed by atoms with Gasteiger partial charge in [-0.15, -0.1) is 0 Å². The van der Waals surface area contributed by atoms with Crippen molar-refractivity contribution in [2.45, 2.75) is 32.4 Å². The van der Waals surface area contributed by atoms with Crippen LogP contribution < -0.4 is 10.2 Å². The summed E-state index contributed by atoms with van der Waals surface area (Å²) in [7, 11) is 0. The van der Waals surface area contributed by atoms with Gasteiger partial charge >= 0.3 is 0 Å². The second-order valence-electron chi connectivity index (χ2n) is 5.90. The molecular formula is C15H22N2O2. The van der Waals surface area contributed by atoms with Gasteiger partial charge in [0.1, 0.15) is 0 Å². The standard InChI is InChI=1S/C15H22N2O2/c1-11(18)12-4-6-13(7-5-12)17-9-14(19)8-16-15(2,3)10-17/h4-7,14,16,19H,8-10H2,1-3H3. The molecule has 0 radical (unpaired) electrons. The van der Waals surface area contributed by atoms with Crippen molar-refractivity contribution in [1.29, 1.82) is 0 Å². The van der Waals surface area contributed by atoms with Crippen LogP contribution in [0.5, 0.6) is 0 Å². The summed E-state index contributed by atoms with van der Waals surface area (Å²) in [4.78, 5) is 13.4. The molecule has 1 unspecified atom stereocenters. The number of carbonyl (C=O) groups is 1. The first-order valence-corrected chi connectivity index (χ1v) is 6.66. The van der Waals surface area contributed by atoms with Crippen molar-refractivity contribution in [2.24, 2.45) is 0 Å². The van der Waals surface area contributed by atoms with Crippen molar-refractivity contribution in [2.75, 3.05) is 24.5 Å². The lowest BCUT2D eigenvalue weighted by Gasteiger charge is -2.31. The van der Waals surface area contributed by atoms with Gasteiger partial charge in [-0.1, -0.05) is 0 Å². The Balaban J connectivity index is 2.21. The number of carbonyl (C=O) groups excluding carboxylic acids is 1. The van der Waals surface area contributed by atoms with Crippen molar-refractivity contribution < 1.29 is 9.90 Å². The lowest BCUT2D eigenvalue weighted by molar-refractivity contribution is 0.101. The second kappa shape index (κ2) is 5.31. The molecule has 2 rings (SSSR count). The minimum Gasteiger partial charge on any atom is -0.390 e. The zero-order valence-electron chi connectivity index (χ0n) is 11.8. The SMILES string of the molecule is CC(=O)c1ccc(N2CC(O)CNC(C)(C)C2)cc1. The highest BCUT2D eigenvalue weighted by molar-refractivity contribution is 5.94. The van der Waals surface area contributed by atoms with Crippen molar-refractivity contribution in [3.05, 3.63) is 29.8 Å². The third kappa shape index (κ3) is 3.55. The van der Waals surface area contributed by atoms with Crippen LogP contribution in [0.15, 0.2) is 24.3 Å². The summed E-state index contributed by atoms with van der Waals surface area (Å²) < 4.78 is 0. The van der Waals surface area contributed by atoms with Crippen molar-refractivity contribution in [3.63, 3.8) is 0 Å². The van der Waals surface area contributed by atoms with Gasteiger partial charge in [-0.05, 0) is 45.0 Å². The number of anilines is 1. The normalized spacial score (nSPS) is 22.9. The van der Waals surface area contributed by atoms with Crippen LogP contribution in [-0.4, -0.2) is 42.2 Å². The molecule has 1 aromatic carbocycles. The number of β-amino-alcohol motifs (C(OH)–C–C–N with tert-alkyl or cyclic N) is 1. The van der Waals surface area contributed by atoms with Crippen molar-refractivity contribution in [3.8, 4) is 0 Å². The molecule has 0 bridgehead atoms. The molecule has 0 spiro atoms. The minimum absolute atomic E-state index is 0.0449. The van der Waals surface area contributed by atoms with E-state index in [4.69, 9.17) is 0 Å². The molecule has 0 aliphatic carbocycles. The summed E-state index contributed by atoms with van der Waals surface area (Å²) in [6, 6.07) is 7.58. The number of hydrogen-bond acceptors (Lipinski definition) is 4. The van der Waals surface area contributed by atoms with E-state index >= 15 is 0 Å². The predicted octanol–water partition coefficient (Wildman–Crippen LogP) is 1.44. The van der Waals surface area contributed by atoms with E-state index in [1.807, 2.05) is 24.3 Å². The molecule has 4 nitrogen and oxygen atoms in total. The van der Waals surface area contributed by atoms with E-state index in [1.165, 1.54) is 0 Å². The first-order chi connectivity index (χ1) is 8.87. The van der Waals surface area contributed by atoms with Crippen molar-refractivity contribution in [1.82, 2.24) is 5.32 Å². The minimum atomic E-state index is -0.380. The maximum absolute atomic E-state index is 11.3. The molecule has 1 aliphatic heterocycles. The van der Waals surface area contributed by atoms with E-state index in [9.17, 15) is 9.90 Å². The maximum Gasteiger partial charge on any atom is 0.159 e. The zero-order chi connectivity index (χ0) is 14.0. The van der Waals surface area contributed by atoms with E-state index < -0.39 is 0 Å². The Bertz CT molecular complexity index is 454. The third-order valence-electron chi connectivity index (χ3n) is 3.47. The van der Waals surface area contributed by atoms with E-state index in [2.05, 4.69) is 24.1 Å². The average Bonchev–Trinajstić information content (AvgIpc) is 2.48. The highest BCUT2D eigenvalue weighted by Gasteiger charge is 2.27. The number of hydrogen-bond donors (Lipinski definition) is 2. The number of benzene rings is 1. The number of ketones is 1. The Morgan fingerprint density at radius 1 is 1.37 bits per heavy atom. The van der Waals surface area contributed by atoms with Gasteiger partial charge in [0.25, 0.3) is 0 Å². The van der Waals surface area contributed by atoms with E-state index in [-0.39, 0.29) is 17.4 Å². The van der Waals surface area contributed by atoms with Crippen LogP contribution in [0.3, 0.4) is 0 Å². The Morgan fingerprint density at radius 3 is 2.58 bits per heavy atom. The van der Waals surface area contributed by atoms with Crippen LogP contribution in [0, 0.1) is 0 Å². The molecule has 1 heterocycles. The summed E-state index contributed by atoms with van der Waals surface area (Å²) in [5, 5.41) is 13.3. The molecular weight excluding hydrogens is 240 g/mol. The van der Waals surface area contributed by atoms with Crippen LogP contribution in [0.25, 0.3) is 0 Å². The van der Waals surface area contributed by atoms with Gasteiger partial charge in [-0.2, -0.15) is 0 Å². The lowest BCUT2D eigenvalue weighted by Crippen LogP contribution is -2.46. The molecule has 4 heteroatoms. The van der Waals surface area contributed by atoms with Gasteiger partial charge in [0, 0.05) is 36.4 Å². The summed E-state index contributed by atoms with van der Waals surface area (Å²) in [5.74, 6) is 0.0736. The monoisotopic (exact) mass is 262 g/mol. The fourth-order valence-corrected chi connectivity index (χ4v) is 2.41. The summed E-state index contributed by atoms with van der Waals surface area (Å²) >= 11 is 0. The molecule has 1 saturated heterocycles. The van der Waals surface area contributed by atoms with Crippen LogP contribution in [0.2, 0.25) is 0 Å². The molecule has 2 N–H and O–H groups in total. The van der Waals surface area contributed by atoms with Gasteiger partial charge in [-0.3, -0.25) is 4.79 Å². The quantitative estimate of drug-likeness (QED) is 0.792. The fraction of sp³-hybridized carbons (Fsp3) is 0.533. The van der Waals surface area contributed by atoms with Gasteiger partial charge in [0.05, 0.1) is 6.10 Å². The van der Waals surface area contributed by atoms with Gasteiger partial charge in [0.15, 0.2) is 5.78 Å². The molecule has 104 valence electrons. The average molecular weight is 262 g/mol. The van der Waals surface area contributed by atoms with Crippen LogP contribution in [0.1, 0.15) is 31.1 Å². The van der Waals surface area contributed by atoms with Gasteiger partial charge in [-0.25, -0.2) is 0 Å². The lowest BCUT2D eigenvalue weighted by atomic mass is 10.0. The Labute approximate surface area is 114 Å². The van der Waals surface area contributed by atoms with E-state index in [0.29, 0.717) is 13.1 Å². The van der Waals surface area contributed by atoms with E-state index in [1.54, 1.807) is 6.92 Å². The second-order valence-corrected chi connectivity index (χ2v) is 5.90. The summed E-state index contributed by atoms with van der Waals surface area (Å²) in [6.07, 6.45) is -0.380. The molecule has 0 aromatic heterocycles. The first-order valence-electron chi connectivity index (χ1n) is 6.66. The van der Waals surface area contributed by atoms with E-state index in [0.717, 1.165) is 17.8 Å². The van der Waals surface area contributed by atoms with Crippen LogP contribution in [0.4, 0.5) is 5.69 Å². The third-order valence-corrected chi connectivity index (χ3v) is 3.47. The Kier molecular flexibility index (Phi) is 3.92. The number of nitrogens with one attached hydrogen (secondary N) is 1. The molecule has 19 heavy (non-hydrogen) atoms. The largest absolute Gasteiger partial charge is 0.390 e. The zero-order valence-corrected chi connectivity index (χ0v) is 11.8. The molecule has 1 fully saturated rings. The van der Waals surface area contributed by atoms with Crippen molar-refractivity contribution >= 4 is 11.5 Å². The van der Waals surface area contributed by atoms with Gasteiger partial charge < -0.3 is 15.3 Å². The molecule has 0 saturated carbocycles. The highest BCUT2D eigenvalue weighted by atomic mass is 16.3. The molecule has 1 aliphatic rings. The van der Waals surface area contributed by atoms with Gasteiger partial charge in [0.2, 0.25) is 0 Å². The Morgan fingerprint density at radius 2 is 2.00 bits per heavy atom. The number of aliphatic hydroxyl groups is 1. The topological polar surface area (TPSA) is 52.6 Å². The van der Waals surface area contributed by atoms with Crippen LogP contribution in [-0.2, 0) is 0 Å². The van der Waals surface area contributed by atoms with Crippen LogP contribution >= 0.6 is 0 Å². The summed E-state index contributed by atoms with van der Waals surface area (Å²) in [6.45, 7) is 7.86. The fourth-order valence-electron chi connectivity index (χ4n) is 2.41.